The Morgan fingerprint density at radius 2 is 1.96 bits per heavy atom. The molecule has 0 aromatic heterocycles. The first-order valence-electron chi connectivity index (χ1n) is 9.00. The van der Waals surface area contributed by atoms with Crippen LogP contribution in [0.15, 0.2) is 24.3 Å². The standard InChI is InChI=1S/C19H25F3N2O2/c1-14-17(25)23(2)13-18(26-14)7-10-24(11-8-18)9-6-15-4-3-5-16(12-15)19(20,21)22/h3-5,12,14H,6-11,13H2,1-2H3/t14-/m1/s1. The predicted molar refractivity (Wildman–Crippen MR) is 91.7 cm³/mol. The van der Waals surface area contributed by atoms with E-state index in [4.69, 9.17) is 4.74 Å². The zero-order chi connectivity index (χ0) is 18.9. The molecule has 3 rings (SSSR count). The van der Waals surface area contributed by atoms with E-state index in [9.17, 15) is 18.0 Å². The van der Waals surface area contributed by atoms with E-state index < -0.39 is 17.8 Å². The van der Waals surface area contributed by atoms with Crippen LogP contribution in [-0.4, -0.2) is 60.6 Å². The lowest BCUT2D eigenvalue weighted by Gasteiger charge is -2.48. The van der Waals surface area contributed by atoms with Crippen LogP contribution in [-0.2, 0) is 22.1 Å². The molecule has 2 aliphatic heterocycles. The number of likely N-dealkylation sites (N-methyl/N-ethyl adjacent to an activating group) is 1. The Hall–Kier alpha value is -1.60. The predicted octanol–water partition coefficient (Wildman–Crippen LogP) is 2.96. The van der Waals surface area contributed by atoms with Crippen LogP contribution in [0.25, 0.3) is 0 Å². The van der Waals surface area contributed by atoms with E-state index in [0.29, 0.717) is 18.5 Å². The largest absolute Gasteiger partial charge is 0.416 e. The number of carbonyl (C=O) groups excluding carboxylic acids is 1. The van der Waals surface area contributed by atoms with Gasteiger partial charge in [0.15, 0.2) is 0 Å². The van der Waals surface area contributed by atoms with Gasteiger partial charge >= 0.3 is 6.18 Å². The first-order chi connectivity index (χ1) is 12.2. The summed E-state index contributed by atoms with van der Waals surface area (Å²) in [4.78, 5) is 15.9. The second-order valence-electron chi connectivity index (χ2n) is 7.43. The van der Waals surface area contributed by atoms with Crippen molar-refractivity contribution < 1.29 is 22.7 Å². The van der Waals surface area contributed by atoms with Gasteiger partial charge in [-0.3, -0.25) is 4.79 Å². The van der Waals surface area contributed by atoms with Gasteiger partial charge in [0.25, 0.3) is 5.91 Å². The fraction of sp³-hybridized carbons (Fsp3) is 0.632. The van der Waals surface area contributed by atoms with Gasteiger partial charge in [-0.15, -0.1) is 0 Å². The highest BCUT2D eigenvalue weighted by atomic mass is 19.4. The maximum Gasteiger partial charge on any atom is 0.416 e. The van der Waals surface area contributed by atoms with Crippen LogP contribution in [0.3, 0.4) is 0 Å². The van der Waals surface area contributed by atoms with Gasteiger partial charge in [0, 0.05) is 33.2 Å². The zero-order valence-corrected chi connectivity index (χ0v) is 15.2. The number of carbonyl (C=O) groups is 1. The van der Waals surface area contributed by atoms with E-state index in [-0.39, 0.29) is 11.5 Å². The minimum atomic E-state index is -4.30. The van der Waals surface area contributed by atoms with Crippen molar-refractivity contribution in [1.29, 1.82) is 0 Å². The minimum Gasteiger partial charge on any atom is -0.360 e. The molecule has 7 heteroatoms. The third-order valence-corrected chi connectivity index (χ3v) is 5.41. The average Bonchev–Trinajstić information content (AvgIpc) is 2.59. The molecule has 1 aromatic carbocycles. The van der Waals surface area contributed by atoms with Crippen LogP contribution >= 0.6 is 0 Å². The third kappa shape index (κ3) is 4.20. The Labute approximate surface area is 151 Å². The van der Waals surface area contributed by atoms with Gasteiger partial charge in [0.1, 0.15) is 6.10 Å². The Morgan fingerprint density at radius 1 is 1.27 bits per heavy atom. The minimum absolute atomic E-state index is 0.0163. The van der Waals surface area contributed by atoms with E-state index in [1.807, 2.05) is 7.05 Å². The van der Waals surface area contributed by atoms with Crippen LogP contribution in [0.1, 0.15) is 30.9 Å². The first-order valence-corrected chi connectivity index (χ1v) is 9.00. The van der Waals surface area contributed by atoms with Crippen molar-refractivity contribution in [2.45, 2.75) is 44.1 Å². The summed E-state index contributed by atoms with van der Waals surface area (Å²) in [6.45, 7) is 4.78. The summed E-state index contributed by atoms with van der Waals surface area (Å²) in [5.74, 6) is 0.0163. The van der Waals surface area contributed by atoms with Crippen LogP contribution in [0.2, 0.25) is 0 Å². The molecule has 2 saturated heterocycles. The van der Waals surface area contributed by atoms with E-state index in [1.54, 1.807) is 17.9 Å². The number of hydrogen-bond acceptors (Lipinski definition) is 3. The number of ether oxygens (including phenoxy) is 1. The molecule has 1 aromatic rings. The van der Waals surface area contributed by atoms with Crippen LogP contribution in [0.4, 0.5) is 13.2 Å². The highest BCUT2D eigenvalue weighted by Crippen LogP contribution is 2.33. The fourth-order valence-corrected chi connectivity index (χ4v) is 3.93. The summed E-state index contributed by atoms with van der Waals surface area (Å²) in [6.07, 6.45) is -2.46. The van der Waals surface area contributed by atoms with Gasteiger partial charge in [-0.1, -0.05) is 18.2 Å². The molecule has 2 fully saturated rings. The summed E-state index contributed by atoms with van der Waals surface area (Å²) in [5, 5.41) is 0. The summed E-state index contributed by atoms with van der Waals surface area (Å²) < 4.78 is 44.4. The van der Waals surface area contributed by atoms with Gasteiger partial charge in [0.2, 0.25) is 0 Å². The van der Waals surface area contributed by atoms with Crippen molar-refractivity contribution in [3.63, 3.8) is 0 Å². The summed E-state index contributed by atoms with van der Waals surface area (Å²) in [6, 6.07) is 5.55. The summed E-state index contributed by atoms with van der Waals surface area (Å²) in [7, 11) is 1.81. The molecule has 2 aliphatic rings. The number of benzene rings is 1. The maximum atomic E-state index is 12.8. The van der Waals surface area contributed by atoms with E-state index >= 15 is 0 Å². The van der Waals surface area contributed by atoms with Gasteiger partial charge < -0.3 is 14.5 Å². The Kier molecular flexibility index (Phi) is 5.30. The number of likely N-dealkylation sites (tertiary alicyclic amines) is 1. The summed E-state index contributed by atoms with van der Waals surface area (Å²) in [5.41, 5.74) is -0.174. The molecule has 4 nitrogen and oxygen atoms in total. The van der Waals surface area contributed by atoms with Crippen molar-refractivity contribution in [1.82, 2.24) is 9.80 Å². The Bertz CT molecular complexity index is 638. The van der Waals surface area contributed by atoms with Crippen molar-refractivity contribution in [2.24, 2.45) is 0 Å². The molecule has 0 N–H and O–H groups in total. The Balaban J connectivity index is 1.53. The second-order valence-corrected chi connectivity index (χ2v) is 7.43. The van der Waals surface area contributed by atoms with Crippen molar-refractivity contribution in [2.75, 3.05) is 33.2 Å². The lowest BCUT2D eigenvalue weighted by molar-refractivity contribution is -0.186. The molecule has 2 heterocycles. The molecular weight excluding hydrogens is 345 g/mol. The molecule has 0 aliphatic carbocycles. The third-order valence-electron chi connectivity index (χ3n) is 5.41. The van der Waals surface area contributed by atoms with Gasteiger partial charge in [-0.2, -0.15) is 13.2 Å². The average molecular weight is 370 g/mol. The molecule has 26 heavy (non-hydrogen) atoms. The number of rotatable bonds is 3. The quantitative estimate of drug-likeness (QED) is 0.820. The van der Waals surface area contributed by atoms with Crippen LogP contribution in [0, 0.1) is 0 Å². The first kappa shape index (κ1) is 19.2. The lowest BCUT2D eigenvalue weighted by atomic mass is 9.88. The normalized spacial score (nSPS) is 24.3. The number of amides is 1. The zero-order valence-electron chi connectivity index (χ0n) is 15.2. The molecule has 0 bridgehead atoms. The highest BCUT2D eigenvalue weighted by molar-refractivity contribution is 5.81. The van der Waals surface area contributed by atoms with Gasteiger partial charge in [-0.25, -0.2) is 0 Å². The molecule has 0 radical (unpaired) electrons. The number of piperidine rings is 1. The SMILES string of the molecule is C[C@H]1OC2(CCN(CCc3cccc(C(F)(F)F)c3)CC2)CN(C)C1=O. The molecule has 0 unspecified atom stereocenters. The van der Waals surface area contributed by atoms with Crippen LogP contribution < -0.4 is 0 Å². The van der Waals surface area contributed by atoms with E-state index in [2.05, 4.69) is 4.90 Å². The van der Waals surface area contributed by atoms with E-state index in [1.165, 1.54) is 12.1 Å². The topological polar surface area (TPSA) is 32.8 Å². The molecule has 1 spiro atoms. The molecule has 144 valence electrons. The van der Waals surface area contributed by atoms with Gasteiger partial charge in [0.05, 0.1) is 11.2 Å². The smallest absolute Gasteiger partial charge is 0.360 e. The highest BCUT2D eigenvalue weighted by Gasteiger charge is 2.44. The van der Waals surface area contributed by atoms with Gasteiger partial charge in [-0.05, 0) is 37.8 Å². The van der Waals surface area contributed by atoms with E-state index in [0.717, 1.165) is 38.5 Å². The lowest BCUT2D eigenvalue weighted by Crippen LogP contribution is -2.60. The van der Waals surface area contributed by atoms with Crippen molar-refractivity contribution >= 4 is 5.91 Å². The summed E-state index contributed by atoms with van der Waals surface area (Å²) >= 11 is 0. The molecular formula is C19H25F3N2O2. The van der Waals surface area contributed by atoms with Crippen LogP contribution in [0.5, 0.6) is 0 Å². The Morgan fingerprint density at radius 3 is 2.58 bits per heavy atom. The maximum absolute atomic E-state index is 12.8. The number of hydrogen-bond donors (Lipinski definition) is 0. The monoisotopic (exact) mass is 370 g/mol. The molecule has 1 atom stereocenters. The number of morpholine rings is 1. The number of alkyl halides is 3. The molecule has 1 amide bonds. The number of nitrogens with zero attached hydrogens (tertiary/aromatic N) is 2. The van der Waals surface area contributed by atoms with Crippen molar-refractivity contribution in [3.05, 3.63) is 35.4 Å². The second kappa shape index (κ2) is 7.19. The number of halogens is 3. The van der Waals surface area contributed by atoms with Crippen molar-refractivity contribution in [3.8, 4) is 0 Å². The fourth-order valence-electron chi connectivity index (χ4n) is 3.93. The molecule has 0 saturated carbocycles.